The van der Waals surface area contributed by atoms with Crippen molar-refractivity contribution in [3.63, 3.8) is 0 Å². The fraction of sp³-hybridized carbons (Fsp3) is 0.0303. The summed E-state index contributed by atoms with van der Waals surface area (Å²) in [7, 11) is -2.34. The SMILES string of the molecule is C1=CC2C3=[P+](c4ccccc4N2c2ccccc2)c2c(-c4ccccc4)c4c(c(-c5ccccc5)c2N(c2ccccc2)C3=C1)N(c1ccccc1)C1C=CC=C2C1=[P+]4c1ccccc1N2c1ccccc1. The first-order chi connectivity index (χ1) is 35.8. The lowest BCUT2D eigenvalue weighted by Crippen LogP contribution is -2.52. The maximum absolute atomic E-state index is 2.72. The van der Waals surface area contributed by atoms with Crippen LogP contribution in [0.2, 0.25) is 0 Å². The van der Waals surface area contributed by atoms with E-state index in [1.165, 1.54) is 105 Å². The Morgan fingerprint density at radius 3 is 1.26 bits per heavy atom. The van der Waals surface area contributed by atoms with Crippen LogP contribution in [0.15, 0.2) is 278 Å². The lowest BCUT2D eigenvalue weighted by Gasteiger charge is -2.46. The first-order valence-electron chi connectivity index (χ1n) is 24.9. The van der Waals surface area contributed by atoms with E-state index >= 15 is 0 Å². The first kappa shape index (κ1) is 41.3. The minimum atomic E-state index is -1.17. The van der Waals surface area contributed by atoms with Gasteiger partial charge in [0.2, 0.25) is 0 Å². The highest BCUT2D eigenvalue weighted by Gasteiger charge is 2.58. The van der Waals surface area contributed by atoms with Gasteiger partial charge in [-0.1, -0.05) is 182 Å². The standard InChI is InChI=1S/C66H46N4P2/c1-7-25-45(26-8-1)59-61-65(71-57-43-21-19-37-51(57)67(47-29-11-3-12-30-47)53-39-23-41-55(63(53)71)69(61)49-33-15-5-16-34-49)60(46-27-9-2-10-28-46)66-62(59)70(50-35-17-6-18-36-50)56-42-24-40-54-64(56)72(66)58-44-22-20-38-52(58)68(54)48-31-13-4-14-32-48/h1-44,53,56H/q+2. The molecule has 6 aliphatic rings. The van der Waals surface area contributed by atoms with Crippen molar-refractivity contribution in [2.24, 2.45) is 0 Å². The van der Waals surface area contributed by atoms with Crippen molar-refractivity contribution in [3.05, 3.63) is 278 Å². The van der Waals surface area contributed by atoms with E-state index in [1.54, 1.807) is 0 Å². The highest BCUT2D eigenvalue weighted by molar-refractivity contribution is 7.77. The molecule has 0 fully saturated rings. The minimum absolute atomic E-state index is 0.0225. The number of hydrogen-bond donors (Lipinski definition) is 0. The second-order valence-corrected chi connectivity index (χ2v) is 23.0. The van der Waals surface area contributed by atoms with Gasteiger partial charge in [-0.2, -0.15) is 0 Å². The first-order valence-corrected chi connectivity index (χ1v) is 27.6. The Balaban J connectivity index is 1.20. The predicted octanol–water partition coefficient (Wildman–Crippen LogP) is 14.5. The number of hydrogen-bond acceptors (Lipinski definition) is 4. The van der Waals surface area contributed by atoms with Gasteiger partial charge in [0.15, 0.2) is 46.9 Å². The van der Waals surface area contributed by atoms with Crippen LogP contribution in [-0.2, 0) is 0 Å². The molecule has 9 aromatic rings. The van der Waals surface area contributed by atoms with Crippen molar-refractivity contribution in [1.29, 1.82) is 0 Å². The van der Waals surface area contributed by atoms with E-state index in [0.29, 0.717) is 0 Å². The van der Waals surface area contributed by atoms with E-state index in [2.05, 4.69) is 287 Å². The topological polar surface area (TPSA) is 13.0 Å². The third-order valence-corrected chi connectivity index (χ3v) is 20.4. The Labute approximate surface area is 422 Å². The van der Waals surface area contributed by atoms with Crippen LogP contribution in [0.3, 0.4) is 0 Å². The van der Waals surface area contributed by atoms with Gasteiger partial charge < -0.3 is 19.6 Å². The monoisotopic (exact) mass is 956 g/mol. The summed E-state index contributed by atoms with van der Waals surface area (Å²) < 4.78 is 0. The summed E-state index contributed by atoms with van der Waals surface area (Å²) in [4.78, 5) is 10.5. The quantitative estimate of drug-likeness (QED) is 0.154. The summed E-state index contributed by atoms with van der Waals surface area (Å²) in [5.41, 5.74) is 17.3. The highest BCUT2D eigenvalue weighted by Crippen LogP contribution is 2.61. The molecule has 9 aromatic carbocycles. The van der Waals surface area contributed by atoms with Crippen molar-refractivity contribution in [3.8, 4) is 22.3 Å². The zero-order chi connectivity index (χ0) is 47.3. The largest absolute Gasteiger partial charge is 0.323 e. The number of rotatable bonds is 6. The van der Waals surface area contributed by atoms with Gasteiger partial charge in [-0.05, 0) is 96.1 Å². The van der Waals surface area contributed by atoms with Gasteiger partial charge in [-0.25, -0.2) is 0 Å². The number of benzene rings is 9. The van der Waals surface area contributed by atoms with Crippen LogP contribution >= 0.6 is 15.1 Å². The van der Waals surface area contributed by atoms with E-state index in [4.69, 9.17) is 0 Å². The summed E-state index contributed by atoms with van der Waals surface area (Å²) in [6.45, 7) is 0. The summed E-state index contributed by atoms with van der Waals surface area (Å²) >= 11 is 0. The Bertz CT molecular complexity index is 3840. The van der Waals surface area contributed by atoms with Crippen molar-refractivity contribution >= 4 is 92.4 Å². The lowest BCUT2D eigenvalue weighted by molar-refractivity contribution is 0.973. The van der Waals surface area contributed by atoms with Crippen molar-refractivity contribution < 1.29 is 0 Å². The smallest absolute Gasteiger partial charge is 0.191 e. The molecule has 0 bridgehead atoms. The second kappa shape index (κ2) is 16.5. The van der Waals surface area contributed by atoms with E-state index in [1.807, 2.05) is 0 Å². The van der Waals surface area contributed by atoms with E-state index in [9.17, 15) is 0 Å². The van der Waals surface area contributed by atoms with E-state index in [-0.39, 0.29) is 12.1 Å². The maximum Gasteiger partial charge on any atom is 0.191 e. The molecule has 0 amide bonds. The molecule has 4 unspecified atom stereocenters. The molecule has 4 aliphatic heterocycles. The van der Waals surface area contributed by atoms with Gasteiger partial charge in [0.05, 0.1) is 28.3 Å². The third-order valence-electron chi connectivity index (χ3n) is 15.0. The Morgan fingerprint density at radius 1 is 0.319 bits per heavy atom. The van der Waals surface area contributed by atoms with Crippen LogP contribution in [0, 0.1) is 0 Å². The molecule has 0 radical (unpaired) electrons. The van der Waals surface area contributed by atoms with Crippen LogP contribution in [0.5, 0.6) is 0 Å². The van der Waals surface area contributed by atoms with Gasteiger partial charge in [-0.15, -0.1) is 0 Å². The highest BCUT2D eigenvalue weighted by atomic mass is 31.1. The van der Waals surface area contributed by atoms with Crippen LogP contribution in [-0.4, -0.2) is 22.7 Å². The number of nitrogens with zero attached hydrogens (tertiary/aromatic N) is 4. The molecule has 338 valence electrons. The molecule has 4 nitrogen and oxygen atoms in total. The molecular formula is C66H46N4P2+2. The normalized spacial score (nSPS) is 18.6. The van der Waals surface area contributed by atoms with Crippen LogP contribution < -0.4 is 40.8 Å². The molecule has 15 rings (SSSR count). The van der Waals surface area contributed by atoms with Crippen molar-refractivity contribution in [1.82, 2.24) is 0 Å². The third kappa shape index (κ3) is 6.01. The summed E-state index contributed by atoms with van der Waals surface area (Å²) in [5, 5.41) is 8.50. The fourth-order valence-electron chi connectivity index (χ4n) is 12.2. The molecule has 2 aliphatic carbocycles. The summed E-state index contributed by atoms with van der Waals surface area (Å²) in [6, 6.07) is 85.8. The molecule has 4 heterocycles. The molecule has 0 spiro atoms. The molecular weight excluding hydrogens is 911 g/mol. The van der Waals surface area contributed by atoms with E-state index in [0.717, 1.165) is 5.69 Å². The number of fused-ring (bicyclic) bond motifs is 8. The Kier molecular flexibility index (Phi) is 9.48. The number of allylic oxidation sites excluding steroid dienone is 4. The maximum atomic E-state index is 2.72. The molecule has 0 saturated carbocycles. The zero-order valence-corrected chi connectivity index (χ0v) is 41.0. The predicted molar refractivity (Wildman–Crippen MR) is 309 cm³/mol. The van der Waals surface area contributed by atoms with Gasteiger partial charge in [0.25, 0.3) is 0 Å². The van der Waals surface area contributed by atoms with Gasteiger partial charge in [0.1, 0.15) is 23.5 Å². The van der Waals surface area contributed by atoms with Crippen LogP contribution in [0.1, 0.15) is 0 Å². The average molecular weight is 957 g/mol. The van der Waals surface area contributed by atoms with Crippen molar-refractivity contribution in [2.45, 2.75) is 12.1 Å². The average Bonchev–Trinajstić information content (AvgIpc) is 3.46. The number of anilines is 8. The summed E-state index contributed by atoms with van der Waals surface area (Å²) in [5.74, 6) is 0. The fourth-order valence-corrected chi connectivity index (χ4v) is 18.6. The van der Waals surface area contributed by atoms with E-state index < -0.39 is 15.1 Å². The molecule has 0 N–H and O–H groups in total. The molecule has 0 saturated heterocycles. The van der Waals surface area contributed by atoms with Gasteiger partial charge in [-0.3, -0.25) is 0 Å². The second-order valence-electron chi connectivity index (χ2n) is 18.8. The molecule has 0 aromatic heterocycles. The minimum Gasteiger partial charge on any atom is -0.323 e. The Hall–Kier alpha value is -8.52. The molecule has 72 heavy (non-hydrogen) atoms. The van der Waals surface area contributed by atoms with Crippen LogP contribution in [0.25, 0.3) is 22.3 Å². The van der Waals surface area contributed by atoms with Crippen LogP contribution in [0.4, 0.5) is 45.5 Å². The van der Waals surface area contributed by atoms with Gasteiger partial charge >= 0.3 is 0 Å². The Morgan fingerprint density at radius 2 is 0.708 bits per heavy atom. The van der Waals surface area contributed by atoms with Gasteiger partial charge in [0, 0.05) is 28.3 Å². The van der Waals surface area contributed by atoms with Crippen molar-refractivity contribution in [2.75, 3.05) is 19.6 Å². The zero-order valence-electron chi connectivity index (χ0n) is 39.2. The molecule has 6 heteroatoms. The molecule has 4 atom stereocenters. The number of para-hydroxylation sites is 6. The summed E-state index contributed by atoms with van der Waals surface area (Å²) in [6.07, 6.45) is 14.4. The lowest BCUT2D eigenvalue weighted by atomic mass is 9.90.